The highest BCUT2D eigenvalue weighted by Crippen LogP contribution is 2.16. The van der Waals surface area contributed by atoms with E-state index >= 15 is 0 Å². The third-order valence-electron chi connectivity index (χ3n) is 2.60. The van der Waals surface area contributed by atoms with Crippen LogP contribution in [-0.2, 0) is 6.54 Å². The molecule has 0 radical (unpaired) electrons. The van der Waals surface area contributed by atoms with Gasteiger partial charge >= 0.3 is 0 Å². The van der Waals surface area contributed by atoms with Crippen LogP contribution in [0, 0.1) is 6.92 Å². The molecular formula is C14H18N4O2. The van der Waals surface area contributed by atoms with Gasteiger partial charge in [-0.15, -0.1) is 0 Å². The third kappa shape index (κ3) is 3.57. The van der Waals surface area contributed by atoms with E-state index < -0.39 is 0 Å². The van der Waals surface area contributed by atoms with Crippen LogP contribution in [0.4, 0.5) is 5.95 Å². The average molecular weight is 274 g/mol. The molecule has 0 aromatic carbocycles. The molecule has 0 saturated carbocycles. The summed E-state index contributed by atoms with van der Waals surface area (Å²) in [4.78, 5) is 12.8. The van der Waals surface area contributed by atoms with Crippen LogP contribution in [0.5, 0.6) is 11.8 Å². The predicted octanol–water partition coefficient (Wildman–Crippen LogP) is 2.20. The Balaban J connectivity index is 2.10. The molecule has 0 aliphatic rings. The molecule has 0 atom stereocenters. The van der Waals surface area contributed by atoms with E-state index in [-0.39, 0.29) is 0 Å². The van der Waals surface area contributed by atoms with Gasteiger partial charge in [0.15, 0.2) is 0 Å². The van der Waals surface area contributed by atoms with Gasteiger partial charge in [-0.3, -0.25) is 0 Å². The molecule has 0 saturated heterocycles. The lowest BCUT2D eigenvalue weighted by molar-refractivity contribution is 0.326. The van der Waals surface area contributed by atoms with Gasteiger partial charge in [-0.05, 0) is 19.9 Å². The Labute approximate surface area is 118 Å². The van der Waals surface area contributed by atoms with Crippen molar-refractivity contribution < 1.29 is 9.47 Å². The van der Waals surface area contributed by atoms with Crippen LogP contribution in [0.1, 0.15) is 18.2 Å². The highest BCUT2D eigenvalue weighted by atomic mass is 16.5. The number of nitrogens with one attached hydrogen (secondary N) is 1. The van der Waals surface area contributed by atoms with E-state index in [2.05, 4.69) is 20.3 Å². The molecule has 0 bridgehead atoms. The van der Waals surface area contributed by atoms with E-state index in [4.69, 9.17) is 9.47 Å². The Morgan fingerprint density at radius 2 is 2.15 bits per heavy atom. The van der Waals surface area contributed by atoms with Crippen molar-refractivity contribution in [2.24, 2.45) is 0 Å². The first kappa shape index (κ1) is 14.0. The van der Waals surface area contributed by atoms with Crippen molar-refractivity contribution in [2.45, 2.75) is 20.4 Å². The number of hydrogen-bond donors (Lipinski definition) is 1. The van der Waals surface area contributed by atoms with Gasteiger partial charge in [-0.1, -0.05) is 6.07 Å². The number of aromatic nitrogens is 3. The van der Waals surface area contributed by atoms with Gasteiger partial charge < -0.3 is 14.8 Å². The lowest BCUT2D eigenvalue weighted by Crippen LogP contribution is -2.07. The summed E-state index contributed by atoms with van der Waals surface area (Å²) in [7, 11) is 1.60. The van der Waals surface area contributed by atoms with Crippen LogP contribution in [-0.4, -0.2) is 28.7 Å². The number of pyridine rings is 1. The van der Waals surface area contributed by atoms with Gasteiger partial charge in [0.25, 0.3) is 0 Å². The largest absolute Gasteiger partial charge is 0.481 e. The minimum Gasteiger partial charge on any atom is -0.481 e. The topological polar surface area (TPSA) is 69.2 Å². The highest BCUT2D eigenvalue weighted by molar-refractivity contribution is 5.34. The Hall–Kier alpha value is -2.37. The minimum atomic E-state index is 0.527. The molecule has 2 rings (SSSR count). The lowest BCUT2D eigenvalue weighted by Gasteiger charge is -2.10. The zero-order valence-electron chi connectivity index (χ0n) is 11.9. The van der Waals surface area contributed by atoms with Crippen molar-refractivity contribution in [3.63, 3.8) is 0 Å². The van der Waals surface area contributed by atoms with Gasteiger partial charge in [-0.25, -0.2) is 9.97 Å². The molecule has 0 amide bonds. The Kier molecular flexibility index (Phi) is 4.70. The van der Waals surface area contributed by atoms with Crippen LogP contribution >= 0.6 is 0 Å². The fourth-order valence-corrected chi connectivity index (χ4v) is 1.76. The zero-order chi connectivity index (χ0) is 14.4. The standard InChI is InChI=1S/C14H18N4O2/c1-4-20-12-8-10(2)17-14(18-12)16-9-11-6-5-7-15-13(11)19-3/h5-8H,4,9H2,1-3H3,(H,16,17,18). The van der Waals surface area contributed by atoms with Crippen molar-refractivity contribution in [1.29, 1.82) is 0 Å². The van der Waals surface area contributed by atoms with E-state index in [0.717, 1.165) is 11.3 Å². The van der Waals surface area contributed by atoms with Crippen LogP contribution in [0.25, 0.3) is 0 Å². The Morgan fingerprint density at radius 1 is 1.30 bits per heavy atom. The first-order chi connectivity index (χ1) is 9.72. The molecule has 0 spiro atoms. The number of methoxy groups -OCH3 is 1. The van der Waals surface area contributed by atoms with E-state index in [1.807, 2.05) is 26.0 Å². The van der Waals surface area contributed by atoms with Crippen molar-refractivity contribution in [2.75, 3.05) is 19.0 Å². The fraction of sp³-hybridized carbons (Fsp3) is 0.357. The quantitative estimate of drug-likeness (QED) is 0.871. The number of hydrogen-bond acceptors (Lipinski definition) is 6. The maximum Gasteiger partial charge on any atom is 0.226 e. The molecule has 106 valence electrons. The monoisotopic (exact) mass is 274 g/mol. The maximum atomic E-state index is 5.40. The third-order valence-corrected chi connectivity index (χ3v) is 2.60. The average Bonchev–Trinajstić information content (AvgIpc) is 2.45. The minimum absolute atomic E-state index is 0.527. The molecule has 0 aliphatic carbocycles. The first-order valence-corrected chi connectivity index (χ1v) is 6.43. The molecule has 2 heterocycles. The number of aryl methyl sites for hydroxylation is 1. The van der Waals surface area contributed by atoms with Gasteiger partial charge in [0.05, 0.1) is 13.7 Å². The van der Waals surface area contributed by atoms with Crippen molar-refractivity contribution in [1.82, 2.24) is 15.0 Å². The summed E-state index contributed by atoms with van der Waals surface area (Å²) >= 11 is 0. The van der Waals surface area contributed by atoms with Crippen LogP contribution < -0.4 is 14.8 Å². The number of rotatable bonds is 6. The summed E-state index contributed by atoms with van der Waals surface area (Å²) in [6.45, 7) is 4.93. The fourth-order valence-electron chi connectivity index (χ4n) is 1.76. The second-order valence-electron chi connectivity index (χ2n) is 4.13. The smallest absolute Gasteiger partial charge is 0.226 e. The van der Waals surface area contributed by atoms with E-state index in [0.29, 0.717) is 30.9 Å². The number of anilines is 1. The molecule has 2 aromatic heterocycles. The lowest BCUT2D eigenvalue weighted by atomic mass is 10.3. The molecule has 0 aliphatic heterocycles. The first-order valence-electron chi connectivity index (χ1n) is 6.43. The summed E-state index contributed by atoms with van der Waals surface area (Å²) in [5.74, 6) is 1.69. The molecule has 20 heavy (non-hydrogen) atoms. The van der Waals surface area contributed by atoms with Crippen molar-refractivity contribution in [3.8, 4) is 11.8 Å². The molecule has 0 fully saturated rings. The van der Waals surface area contributed by atoms with Gasteiger partial charge in [0.2, 0.25) is 17.7 Å². The molecule has 1 N–H and O–H groups in total. The maximum absolute atomic E-state index is 5.40. The van der Waals surface area contributed by atoms with Crippen LogP contribution in [0.15, 0.2) is 24.4 Å². The summed E-state index contributed by atoms with van der Waals surface area (Å²) in [5.41, 5.74) is 1.79. The second-order valence-corrected chi connectivity index (χ2v) is 4.13. The van der Waals surface area contributed by atoms with Crippen molar-refractivity contribution >= 4 is 5.95 Å². The molecule has 6 heteroatoms. The summed E-state index contributed by atoms with van der Waals surface area (Å²) in [6, 6.07) is 5.61. The molecule has 0 unspecified atom stereocenters. The summed E-state index contributed by atoms with van der Waals surface area (Å²) in [5, 5.41) is 3.15. The number of nitrogens with zero attached hydrogens (tertiary/aromatic N) is 3. The Morgan fingerprint density at radius 3 is 2.90 bits per heavy atom. The van der Waals surface area contributed by atoms with Gasteiger partial charge in [0, 0.05) is 30.1 Å². The highest BCUT2D eigenvalue weighted by Gasteiger charge is 2.06. The van der Waals surface area contributed by atoms with Gasteiger partial charge in [0.1, 0.15) is 0 Å². The van der Waals surface area contributed by atoms with Crippen molar-refractivity contribution in [3.05, 3.63) is 35.7 Å². The van der Waals surface area contributed by atoms with E-state index in [1.165, 1.54) is 0 Å². The molecular weight excluding hydrogens is 256 g/mol. The second kappa shape index (κ2) is 6.70. The number of ether oxygens (including phenoxy) is 2. The summed E-state index contributed by atoms with van der Waals surface area (Å²) in [6.07, 6.45) is 1.69. The molecule has 6 nitrogen and oxygen atoms in total. The van der Waals surface area contributed by atoms with E-state index in [9.17, 15) is 0 Å². The zero-order valence-corrected chi connectivity index (χ0v) is 11.9. The molecule has 2 aromatic rings. The van der Waals surface area contributed by atoms with Crippen LogP contribution in [0.3, 0.4) is 0 Å². The SMILES string of the molecule is CCOc1cc(C)nc(NCc2cccnc2OC)n1. The summed E-state index contributed by atoms with van der Waals surface area (Å²) < 4.78 is 10.6. The Bertz CT molecular complexity index is 575. The van der Waals surface area contributed by atoms with Crippen LogP contribution in [0.2, 0.25) is 0 Å². The predicted molar refractivity (Wildman–Crippen MR) is 76.1 cm³/mol. The van der Waals surface area contributed by atoms with E-state index in [1.54, 1.807) is 19.4 Å². The normalized spacial score (nSPS) is 10.2. The van der Waals surface area contributed by atoms with Gasteiger partial charge in [-0.2, -0.15) is 4.98 Å².